The second-order valence-corrected chi connectivity index (χ2v) is 6.52. The molecule has 2 aromatic carbocycles. The predicted octanol–water partition coefficient (Wildman–Crippen LogP) is 4.49. The topological polar surface area (TPSA) is 44.4 Å². The minimum Gasteiger partial charge on any atom is -0.370 e. The van der Waals surface area contributed by atoms with Crippen LogP contribution in [0, 0.1) is 5.92 Å². The van der Waals surface area contributed by atoms with Crippen LogP contribution in [0.3, 0.4) is 0 Å². The molecule has 0 aliphatic carbocycles. The average molecular weight is 325 g/mol. The zero-order chi connectivity index (χ0) is 17.5. The molecule has 0 aromatic heterocycles. The molecular weight excluding hydrogens is 298 g/mol. The number of hydrogen-bond acceptors (Lipinski definition) is 2. The van der Waals surface area contributed by atoms with Crippen LogP contribution < -0.4 is 15.5 Å². The first-order chi connectivity index (χ1) is 11.5. The Kier molecular flexibility index (Phi) is 6.24. The molecule has 1 unspecified atom stereocenters. The molecule has 1 atom stereocenters. The molecule has 0 saturated carbocycles. The molecule has 0 aliphatic heterocycles. The molecule has 2 aromatic rings. The Morgan fingerprint density at radius 3 is 2.21 bits per heavy atom. The molecule has 2 N–H and O–H groups in total. The standard InChI is InChI=1S/C20H27N3O/c1-15(2)16(3)21-20(24)22-18-10-12-19(13-11-18)23(4)14-17-8-6-5-7-9-17/h5-13,15-16H,14H2,1-4H3,(H2,21,22,24). The smallest absolute Gasteiger partial charge is 0.319 e. The second-order valence-electron chi connectivity index (χ2n) is 6.52. The molecular formula is C20H27N3O. The largest absolute Gasteiger partial charge is 0.370 e. The van der Waals surface area contributed by atoms with Gasteiger partial charge in [-0.15, -0.1) is 0 Å². The van der Waals surface area contributed by atoms with Crippen LogP contribution >= 0.6 is 0 Å². The van der Waals surface area contributed by atoms with Crippen molar-refractivity contribution < 1.29 is 4.79 Å². The van der Waals surface area contributed by atoms with Crippen molar-refractivity contribution in [2.24, 2.45) is 5.92 Å². The van der Waals surface area contributed by atoms with E-state index in [1.807, 2.05) is 49.4 Å². The Morgan fingerprint density at radius 2 is 1.62 bits per heavy atom. The molecule has 4 nitrogen and oxygen atoms in total. The van der Waals surface area contributed by atoms with E-state index >= 15 is 0 Å². The summed E-state index contributed by atoms with van der Waals surface area (Å²) in [5.74, 6) is 0.407. The van der Waals surface area contributed by atoms with E-state index in [9.17, 15) is 4.79 Å². The van der Waals surface area contributed by atoms with Gasteiger partial charge in [0, 0.05) is 31.0 Å². The molecule has 0 bridgehead atoms. The highest BCUT2D eigenvalue weighted by molar-refractivity contribution is 5.89. The van der Waals surface area contributed by atoms with Crippen LogP contribution in [0.5, 0.6) is 0 Å². The number of amides is 2. The number of carbonyl (C=O) groups excluding carboxylic acids is 1. The number of urea groups is 1. The van der Waals surface area contributed by atoms with E-state index in [4.69, 9.17) is 0 Å². The third kappa shape index (κ3) is 5.30. The summed E-state index contributed by atoms with van der Waals surface area (Å²) in [5.41, 5.74) is 3.17. The fraction of sp³-hybridized carbons (Fsp3) is 0.350. The van der Waals surface area contributed by atoms with Crippen molar-refractivity contribution in [1.82, 2.24) is 5.32 Å². The fourth-order valence-electron chi connectivity index (χ4n) is 2.29. The monoisotopic (exact) mass is 325 g/mol. The SMILES string of the molecule is CC(C)C(C)NC(=O)Nc1ccc(N(C)Cc2ccccc2)cc1. The molecule has 0 radical (unpaired) electrons. The van der Waals surface area contributed by atoms with Crippen molar-refractivity contribution in [3.05, 3.63) is 60.2 Å². The van der Waals surface area contributed by atoms with Gasteiger partial charge in [-0.25, -0.2) is 4.79 Å². The Bertz CT molecular complexity index is 638. The highest BCUT2D eigenvalue weighted by atomic mass is 16.2. The van der Waals surface area contributed by atoms with Crippen LogP contribution in [0.25, 0.3) is 0 Å². The van der Waals surface area contributed by atoms with E-state index in [1.54, 1.807) is 0 Å². The summed E-state index contributed by atoms with van der Waals surface area (Å²) in [6.45, 7) is 7.02. The number of rotatable bonds is 6. The first-order valence-corrected chi connectivity index (χ1v) is 8.38. The Morgan fingerprint density at radius 1 is 1.00 bits per heavy atom. The van der Waals surface area contributed by atoms with Crippen molar-refractivity contribution in [1.29, 1.82) is 0 Å². The van der Waals surface area contributed by atoms with Gasteiger partial charge in [-0.2, -0.15) is 0 Å². The Hall–Kier alpha value is -2.49. The van der Waals surface area contributed by atoms with E-state index in [0.717, 1.165) is 17.9 Å². The molecule has 0 fully saturated rings. The first-order valence-electron chi connectivity index (χ1n) is 8.38. The third-order valence-electron chi connectivity index (χ3n) is 4.19. The van der Waals surface area contributed by atoms with Gasteiger partial charge in [-0.3, -0.25) is 0 Å². The summed E-state index contributed by atoms with van der Waals surface area (Å²) in [7, 11) is 2.06. The minimum atomic E-state index is -0.165. The quantitative estimate of drug-likeness (QED) is 0.822. The summed E-state index contributed by atoms with van der Waals surface area (Å²) in [6, 6.07) is 18.2. The summed E-state index contributed by atoms with van der Waals surface area (Å²) < 4.78 is 0. The van der Waals surface area contributed by atoms with E-state index in [0.29, 0.717) is 5.92 Å². The minimum absolute atomic E-state index is 0.140. The lowest BCUT2D eigenvalue weighted by atomic mass is 10.1. The van der Waals surface area contributed by atoms with Gasteiger partial charge >= 0.3 is 6.03 Å². The average Bonchev–Trinajstić information content (AvgIpc) is 2.56. The van der Waals surface area contributed by atoms with E-state index in [2.05, 4.69) is 48.6 Å². The molecule has 4 heteroatoms. The zero-order valence-corrected chi connectivity index (χ0v) is 14.9. The van der Waals surface area contributed by atoms with Gasteiger partial charge in [0.1, 0.15) is 0 Å². The van der Waals surface area contributed by atoms with Crippen molar-refractivity contribution in [2.45, 2.75) is 33.4 Å². The highest BCUT2D eigenvalue weighted by Crippen LogP contribution is 2.18. The highest BCUT2D eigenvalue weighted by Gasteiger charge is 2.10. The van der Waals surface area contributed by atoms with Crippen molar-refractivity contribution >= 4 is 17.4 Å². The van der Waals surface area contributed by atoms with Crippen LogP contribution in [-0.2, 0) is 6.54 Å². The van der Waals surface area contributed by atoms with Gasteiger partial charge in [0.05, 0.1) is 0 Å². The maximum atomic E-state index is 12.0. The molecule has 0 saturated heterocycles. The van der Waals surface area contributed by atoms with Gasteiger partial charge in [-0.1, -0.05) is 44.2 Å². The van der Waals surface area contributed by atoms with Gasteiger partial charge in [0.2, 0.25) is 0 Å². The van der Waals surface area contributed by atoms with Crippen LogP contribution in [0.4, 0.5) is 16.2 Å². The molecule has 0 aliphatic rings. The predicted molar refractivity (Wildman–Crippen MR) is 101 cm³/mol. The number of nitrogens with zero attached hydrogens (tertiary/aromatic N) is 1. The van der Waals surface area contributed by atoms with Gasteiger partial charge < -0.3 is 15.5 Å². The normalized spacial score (nSPS) is 11.9. The van der Waals surface area contributed by atoms with Crippen molar-refractivity contribution in [2.75, 3.05) is 17.3 Å². The lowest BCUT2D eigenvalue weighted by Crippen LogP contribution is -2.38. The maximum absolute atomic E-state index is 12.0. The lowest BCUT2D eigenvalue weighted by molar-refractivity contribution is 0.246. The fourth-order valence-corrected chi connectivity index (χ4v) is 2.29. The second kappa shape index (κ2) is 8.39. The lowest BCUT2D eigenvalue weighted by Gasteiger charge is -2.20. The molecule has 24 heavy (non-hydrogen) atoms. The third-order valence-corrected chi connectivity index (χ3v) is 4.19. The summed E-state index contributed by atoms with van der Waals surface area (Å²) in [6.07, 6.45) is 0. The molecule has 2 rings (SSSR count). The molecule has 2 amide bonds. The van der Waals surface area contributed by atoms with E-state index in [-0.39, 0.29) is 12.1 Å². The van der Waals surface area contributed by atoms with E-state index in [1.165, 1.54) is 5.56 Å². The Balaban J connectivity index is 1.91. The zero-order valence-electron chi connectivity index (χ0n) is 14.9. The number of benzene rings is 2. The van der Waals surface area contributed by atoms with Crippen molar-refractivity contribution in [3.8, 4) is 0 Å². The summed E-state index contributed by atoms with van der Waals surface area (Å²) in [4.78, 5) is 14.1. The molecule has 0 spiro atoms. The molecule has 128 valence electrons. The number of hydrogen-bond donors (Lipinski definition) is 2. The maximum Gasteiger partial charge on any atom is 0.319 e. The molecule has 0 heterocycles. The van der Waals surface area contributed by atoms with Crippen LogP contribution in [0.1, 0.15) is 26.3 Å². The van der Waals surface area contributed by atoms with Gasteiger partial charge in [0.15, 0.2) is 0 Å². The van der Waals surface area contributed by atoms with Crippen LogP contribution in [0.15, 0.2) is 54.6 Å². The van der Waals surface area contributed by atoms with Gasteiger partial charge in [-0.05, 0) is 42.7 Å². The van der Waals surface area contributed by atoms with Gasteiger partial charge in [0.25, 0.3) is 0 Å². The first kappa shape index (κ1) is 17.9. The Labute approximate surface area is 144 Å². The summed E-state index contributed by atoms with van der Waals surface area (Å²) >= 11 is 0. The van der Waals surface area contributed by atoms with Crippen LogP contribution in [-0.4, -0.2) is 19.1 Å². The van der Waals surface area contributed by atoms with Crippen LogP contribution in [0.2, 0.25) is 0 Å². The summed E-state index contributed by atoms with van der Waals surface area (Å²) in [5, 5.41) is 5.81. The number of carbonyl (C=O) groups is 1. The van der Waals surface area contributed by atoms with Crippen molar-refractivity contribution in [3.63, 3.8) is 0 Å². The number of anilines is 2. The number of nitrogens with one attached hydrogen (secondary N) is 2. The van der Waals surface area contributed by atoms with E-state index < -0.39 is 0 Å².